The minimum absolute atomic E-state index is 0.00543. The smallest absolute Gasteiger partial charge is 0.269 e. The molecule has 0 bridgehead atoms. The molecule has 1 aliphatic rings. The molecule has 160 valence electrons. The number of amides is 1. The van der Waals surface area contributed by atoms with Gasteiger partial charge in [0.15, 0.2) is 0 Å². The van der Waals surface area contributed by atoms with Gasteiger partial charge in [-0.15, -0.1) is 0 Å². The Bertz CT molecular complexity index is 980. The van der Waals surface area contributed by atoms with E-state index in [4.69, 9.17) is 0 Å². The predicted molar refractivity (Wildman–Crippen MR) is 113 cm³/mol. The topological polar surface area (TPSA) is 122 Å². The molecule has 2 aromatic carbocycles. The molecule has 0 radical (unpaired) electrons. The highest BCUT2D eigenvalue weighted by Gasteiger charge is 2.37. The van der Waals surface area contributed by atoms with Crippen LogP contribution in [0.4, 0.5) is 11.4 Å². The van der Waals surface area contributed by atoms with Gasteiger partial charge in [-0.05, 0) is 37.1 Å². The molecule has 1 fully saturated rings. The number of carbonyl (C=O) groups excluding carboxylic acids is 1. The van der Waals surface area contributed by atoms with Crippen LogP contribution in [-0.4, -0.2) is 49.2 Å². The lowest BCUT2D eigenvalue weighted by Crippen LogP contribution is -2.52. The van der Waals surface area contributed by atoms with Gasteiger partial charge in [0.1, 0.15) is 6.04 Å². The van der Waals surface area contributed by atoms with Gasteiger partial charge >= 0.3 is 0 Å². The van der Waals surface area contributed by atoms with Crippen LogP contribution in [0.2, 0.25) is 0 Å². The highest BCUT2D eigenvalue weighted by Crippen LogP contribution is 2.25. The van der Waals surface area contributed by atoms with Crippen LogP contribution in [0, 0.1) is 10.1 Å². The van der Waals surface area contributed by atoms with E-state index in [-0.39, 0.29) is 16.5 Å². The second kappa shape index (κ2) is 9.68. The van der Waals surface area contributed by atoms with Crippen molar-refractivity contribution in [3.05, 3.63) is 64.7 Å². The molecule has 1 saturated heterocycles. The minimum atomic E-state index is -3.74. The van der Waals surface area contributed by atoms with Crippen LogP contribution < -0.4 is 10.6 Å². The molecule has 1 atom stereocenters. The first kappa shape index (κ1) is 21.7. The number of nitro groups is 1. The van der Waals surface area contributed by atoms with Crippen molar-refractivity contribution in [2.24, 2.45) is 0 Å². The lowest BCUT2D eigenvalue weighted by Gasteiger charge is -2.33. The van der Waals surface area contributed by atoms with Crippen LogP contribution in [0.3, 0.4) is 0 Å². The van der Waals surface area contributed by atoms with E-state index < -0.39 is 21.0 Å². The Morgan fingerprint density at radius 1 is 1.07 bits per heavy atom. The van der Waals surface area contributed by atoms with E-state index in [2.05, 4.69) is 10.6 Å². The fourth-order valence-corrected chi connectivity index (χ4v) is 5.07. The van der Waals surface area contributed by atoms with Crippen LogP contribution in [0.15, 0.2) is 59.5 Å². The normalized spacial score (nSPS) is 17.3. The third kappa shape index (κ3) is 5.14. The first-order chi connectivity index (χ1) is 14.4. The zero-order valence-electron chi connectivity index (χ0n) is 16.4. The summed E-state index contributed by atoms with van der Waals surface area (Å²) in [4.78, 5) is 23.1. The van der Waals surface area contributed by atoms with E-state index in [1.165, 1.54) is 28.6 Å². The van der Waals surface area contributed by atoms with E-state index >= 15 is 0 Å². The van der Waals surface area contributed by atoms with E-state index in [0.717, 1.165) is 12.8 Å². The van der Waals surface area contributed by atoms with E-state index in [9.17, 15) is 23.3 Å². The van der Waals surface area contributed by atoms with Crippen molar-refractivity contribution in [1.82, 2.24) is 9.62 Å². The molecule has 9 nitrogen and oxygen atoms in total. The van der Waals surface area contributed by atoms with Crippen molar-refractivity contribution >= 4 is 27.3 Å². The number of nitrogens with zero attached hydrogens (tertiary/aromatic N) is 2. The molecule has 10 heteroatoms. The number of hydrogen-bond donors (Lipinski definition) is 2. The molecule has 0 aliphatic carbocycles. The maximum Gasteiger partial charge on any atom is 0.269 e. The number of benzene rings is 2. The number of anilines is 1. The summed E-state index contributed by atoms with van der Waals surface area (Å²) in [6.45, 7) is 1.02. The zero-order chi connectivity index (χ0) is 21.6. The monoisotopic (exact) mass is 432 g/mol. The van der Waals surface area contributed by atoms with Gasteiger partial charge in [0.05, 0.1) is 9.82 Å². The van der Waals surface area contributed by atoms with Crippen molar-refractivity contribution < 1.29 is 18.1 Å². The van der Waals surface area contributed by atoms with Gasteiger partial charge in [-0.1, -0.05) is 24.6 Å². The zero-order valence-corrected chi connectivity index (χ0v) is 17.2. The van der Waals surface area contributed by atoms with Gasteiger partial charge in [-0.3, -0.25) is 14.9 Å². The Balaban J connectivity index is 1.56. The van der Waals surface area contributed by atoms with Crippen LogP contribution in [0.1, 0.15) is 19.3 Å². The maximum absolute atomic E-state index is 13.0. The van der Waals surface area contributed by atoms with Crippen molar-refractivity contribution in [3.63, 3.8) is 0 Å². The van der Waals surface area contributed by atoms with Gasteiger partial charge in [0.25, 0.3) is 5.69 Å². The second-order valence-corrected chi connectivity index (χ2v) is 8.85. The fourth-order valence-electron chi connectivity index (χ4n) is 3.39. The molecular formula is C20H24N4O5S. The number of non-ortho nitro benzene ring substituents is 1. The number of piperidine rings is 1. The second-order valence-electron chi connectivity index (χ2n) is 6.96. The van der Waals surface area contributed by atoms with Crippen molar-refractivity contribution in [1.29, 1.82) is 0 Å². The predicted octanol–water partition coefficient (Wildman–Crippen LogP) is 2.37. The first-order valence-electron chi connectivity index (χ1n) is 9.72. The van der Waals surface area contributed by atoms with Gasteiger partial charge in [0.2, 0.25) is 15.9 Å². The summed E-state index contributed by atoms with van der Waals surface area (Å²) in [6.07, 6.45) is 1.99. The van der Waals surface area contributed by atoms with Crippen molar-refractivity contribution in [2.45, 2.75) is 30.2 Å². The number of hydrogen-bond acceptors (Lipinski definition) is 6. The summed E-state index contributed by atoms with van der Waals surface area (Å²) in [6, 6.07) is 13.4. The molecular weight excluding hydrogens is 408 g/mol. The average Bonchev–Trinajstić information content (AvgIpc) is 2.77. The molecule has 3 rings (SSSR count). The summed E-state index contributed by atoms with van der Waals surface area (Å²) in [7, 11) is -3.74. The minimum Gasteiger partial charge on any atom is -0.383 e. The standard InChI is InChI=1S/C20H24N4O5S/c25-20(22-14-13-21-16-9-11-17(12-10-16)24(26)27)19-8-4-5-15-23(19)30(28,29)18-6-2-1-3-7-18/h1-3,6-7,9-12,19,21H,4-5,8,13-15H2,(H,22,25)/t19-/m1/s1. The Morgan fingerprint density at radius 2 is 1.77 bits per heavy atom. The Kier molecular flexibility index (Phi) is 7.01. The van der Waals surface area contributed by atoms with E-state index in [0.29, 0.717) is 31.7 Å². The average molecular weight is 433 g/mol. The molecule has 30 heavy (non-hydrogen) atoms. The number of nitrogens with one attached hydrogen (secondary N) is 2. The fraction of sp³-hybridized carbons (Fsp3) is 0.350. The lowest BCUT2D eigenvalue weighted by molar-refractivity contribution is -0.384. The summed E-state index contributed by atoms with van der Waals surface area (Å²) >= 11 is 0. The molecule has 1 amide bonds. The number of sulfonamides is 1. The van der Waals surface area contributed by atoms with Crippen molar-refractivity contribution in [3.8, 4) is 0 Å². The summed E-state index contributed by atoms with van der Waals surface area (Å²) in [5.74, 6) is -0.320. The largest absolute Gasteiger partial charge is 0.383 e. The highest BCUT2D eigenvalue weighted by molar-refractivity contribution is 7.89. The van der Waals surface area contributed by atoms with E-state index in [1.807, 2.05) is 0 Å². The number of rotatable bonds is 8. The SMILES string of the molecule is O=C(NCCNc1ccc([N+](=O)[O-])cc1)[C@H]1CCCCN1S(=O)(=O)c1ccccc1. The lowest BCUT2D eigenvalue weighted by atomic mass is 10.0. The Morgan fingerprint density at radius 3 is 2.43 bits per heavy atom. The molecule has 1 heterocycles. The summed E-state index contributed by atoms with van der Waals surface area (Å²) in [5.41, 5.74) is 0.701. The summed E-state index contributed by atoms with van der Waals surface area (Å²) in [5, 5.41) is 16.5. The molecule has 0 unspecified atom stereocenters. The number of carbonyl (C=O) groups is 1. The van der Waals surface area contributed by atoms with Crippen LogP contribution in [-0.2, 0) is 14.8 Å². The molecule has 1 aliphatic heterocycles. The molecule has 0 saturated carbocycles. The van der Waals surface area contributed by atoms with Gasteiger partial charge in [-0.2, -0.15) is 4.31 Å². The van der Waals surface area contributed by atoms with Crippen LogP contribution >= 0.6 is 0 Å². The Labute approximate surface area is 175 Å². The molecule has 2 aromatic rings. The van der Waals surface area contributed by atoms with Crippen LogP contribution in [0.5, 0.6) is 0 Å². The molecule has 0 spiro atoms. The summed E-state index contributed by atoms with van der Waals surface area (Å²) < 4.78 is 27.3. The number of nitro benzene ring substituents is 1. The third-order valence-electron chi connectivity index (χ3n) is 4.94. The van der Waals surface area contributed by atoms with Gasteiger partial charge in [-0.25, -0.2) is 8.42 Å². The van der Waals surface area contributed by atoms with Crippen LogP contribution in [0.25, 0.3) is 0 Å². The van der Waals surface area contributed by atoms with Gasteiger partial charge in [0, 0.05) is 37.5 Å². The maximum atomic E-state index is 13.0. The quantitative estimate of drug-likeness (QED) is 0.375. The third-order valence-corrected chi connectivity index (χ3v) is 6.86. The van der Waals surface area contributed by atoms with Crippen molar-refractivity contribution in [2.75, 3.05) is 25.0 Å². The molecule has 2 N–H and O–H groups in total. The van der Waals surface area contributed by atoms with E-state index in [1.54, 1.807) is 30.3 Å². The molecule has 0 aromatic heterocycles. The first-order valence-corrected chi connectivity index (χ1v) is 11.2. The van der Waals surface area contributed by atoms with Gasteiger partial charge < -0.3 is 10.6 Å². The Hall–Kier alpha value is -2.98. The highest BCUT2D eigenvalue weighted by atomic mass is 32.2.